The van der Waals surface area contributed by atoms with Gasteiger partial charge in [0.05, 0.1) is 0 Å². The van der Waals surface area contributed by atoms with E-state index in [2.05, 4.69) is 56.1 Å². The van der Waals surface area contributed by atoms with Gasteiger partial charge in [-0.1, -0.05) is 83.5 Å². The molecular weight excluding hydrogens is 599 g/mol. The van der Waals surface area contributed by atoms with Gasteiger partial charge in [-0.3, -0.25) is 9.69 Å². The van der Waals surface area contributed by atoms with Gasteiger partial charge in [0, 0.05) is 87.0 Å². The van der Waals surface area contributed by atoms with Gasteiger partial charge < -0.3 is 14.7 Å². The minimum absolute atomic E-state index is 0.0663. The van der Waals surface area contributed by atoms with Crippen molar-refractivity contribution in [1.82, 2.24) is 19.8 Å². The van der Waals surface area contributed by atoms with Crippen LogP contribution in [0.3, 0.4) is 0 Å². The van der Waals surface area contributed by atoms with Gasteiger partial charge in [-0.05, 0) is 41.5 Å². The van der Waals surface area contributed by atoms with Gasteiger partial charge in [-0.2, -0.15) is 0 Å². The molecule has 0 unspecified atom stereocenters. The molecule has 1 amide bonds. The molecule has 3 aromatic carbocycles. The van der Waals surface area contributed by atoms with Crippen molar-refractivity contribution in [2.45, 2.75) is 17.5 Å². The molecule has 2 fully saturated rings. The van der Waals surface area contributed by atoms with Crippen molar-refractivity contribution in [1.29, 1.82) is 0 Å². The van der Waals surface area contributed by atoms with Crippen molar-refractivity contribution in [3.05, 3.63) is 112 Å². The van der Waals surface area contributed by atoms with Crippen molar-refractivity contribution < 1.29 is 4.79 Å². The Labute approximate surface area is 267 Å². The molecule has 2 saturated heterocycles. The molecule has 2 aliphatic heterocycles. The molecule has 6 rings (SSSR count). The van der Waals surface area contributed by atoms with Crippen LogP contribution in [0.5, 0.6) is 0 Å². The van der Waals surface area contributed by atoms with E-state index in [-0.39, 0.29) is 5.91 Å². The van der Waals surface area contributed by atoms with Crippen LogP contribution >= 0.6 is 35.0 Å². The quantitative estimate of drug-likeness (QED) is 0.127. The number of hydrogen-bond donors (Lipinski definition) is 0. The van der Waals surface area contributed by atoms with Crippen LogP contribution in [0.2, 0.25) is 10.2 Å². The average Bonchev–Trinajstić information content (AvgIpc) is 3.04. The number of aromatic nitrogens is 2. The molecule has 4 aromatic rings. The first-order chi connectivity index (χ1) is 21.0. The average molecular weight is 634 g/mol. The van der Waals surface area contributed by atoms with E-state index < -0.39 is 0 Å². The van der Waals surface area contributed by atoms with E-state index in [1.54, 1.807) is 11.8 Å². The number of anilines is 2. The lowest BCUT2D eigenvalue weighted by atomic mass is 10.1. The second-order valence-corrected chi connectivity index (χ2v) is 12.6. The molecule has 0 bridgehead atoms. The van der Waals surface area contributed by atoms with Crippen LogP contribution in [-0.2, 0) is 12.3 Å². The van der Waals surface area contributed by atoms with E-state index in [4.69, 9.17) is 28.2 Å². The summed E-state index contributed by atoms with van der Waals surface area (Å²) in [5, 5.41) is 1.84. The van der Waals surface area contributed by atoms with Crippen molar-refractivity contribution in [3.8, 4) is 0 Å². The highest BCUT2D eigenvalue weighted by atomic mass is 35.5. The summed E-state index contributed by atoms with van der Waals surface area (Å²) < 4.78 is 0. The first-order valence-electron chi connectivity index (χ1n) is 14.6. The third-order valence-corrected chi connectivity index (χ3v) is 9.26. The van der Waals surface area contributed by atoms with Gasteiger partial charge in [0.1, 0.15) is 11.0 Å². The molecule has 0 N–H and O–H groups in total. The Bertz CT molecular complexity index is 1520. The molecule has 10 heteroatoms. The van der Waals surface area contributed by atoms with Gasteiger partial charge in [-0.25, -0.2) is 9.97 Å². The van der Waals surface area contributed by atoms with E-state index in [9.17, 15) is 4.79 Å². The van der Waals surface area contributed by atoms with Crippen LogP contribution < -0.4 is 9.80 Å². The molecule has 222 valence electrons. The summed E-state index contributed by atoms with van der Waals surface area (Å²) >= 11 is 14.1. The number of piperazine rings is 2. The number of hydrogen-bond acceptors (Lipinski definition) is 7. The molecule has 7 nitrogen and oxygen atoms in total. The topological polar surface area (TPSA) is 55.8 Å². The second kappa shape index (κ2) is 14.0. The summed E-state index contributed by atoms with van der Waals surface area (Å²) in [6.45, 7) is 7.63. The molecule has 0 saturated carbocycles. The maximum Gasteiger partial charge on any atom is 0.253 e. The van der Waals surface area contributed by atoms with Crippen LogP contribution in [0.4, 0.5) is 11.5 Å². The Morgan fingerprint density at radius 2 is 1.44 bits per heavy atom. The van der Waals surface area contributed by atoms with Gasteiger partial charge in [0.15, 0.2) is 5.16 Å². The fourth-order valence-electron chi connectivity index (χ4n) is 5.50. The summed E-state index contributed by atoms with van der Waals surface area (Å²) in [4.78, 5) is 31.4. The summed E-state index contributed by atoms with van der Waals surface area (Å²) in [5.41, 5.74) is 4.24. The van der Waals surface area contributed by atoms with E-state index in [1.807, 2.05) is 53.4 Å². The second-order valence-electron chi connectivity index (χ2n) is 10.8. The lowest BCUT2D eigenvalue weighted by Gasteiger charge is -2.36. The zero-order chi connectivity index (χ0) is 29.6. The lowest BCUT2D eigenvalue weighted by Crippen LogP contribution is -2.48. The van der Waals surface area contributed by atoms with Crippen LogP contribution in [0.25, 0.3) is 0 Å². The molecule has 0 atom stereocenters. The molecule has 0 radical (unpaired) electrons. The number of carbonyl (C=O) groups is 1. The number of thioether (sulfide) groups is 1. The zero-order valence-electron chi connectivity index (χ0n) is 23.9. The van der Waals surface area contributed by atoms with Crippen LogP contribution in [0.1, 0.15) is 21.5 Å². The molecule has 0 spiro atoms. The summed E-state index contributed by atoms with van der Waals surface area (Å²) in [6, 6.07) is 28.2. The van der Waals surface area contributed by atoms with Crippen LogP contribution in [0.15, 0.2) is 90.1 Å². The Hall–Kier alpha value is -3.30. The normalized spacial score (nSPS) is 16.0. The van der Waals surface area contributed by atoms with Crippen molar-refractivity contribution >= 4 is 52.4 Å². The molecular formula is C33H34Cl2N6OS. The standard InChI is InChI=1S/C33H34Cl2N6OS/c34-28-7-4-8-29(21-28)39-17-19-41(20-18-39)32(42)27-11-9-26(10-12-27)24-43-33-36-30(35)22-31(37-33)40-15-13-38(14-16-40)23-25-5-2-1-3-6-25/h1-12,21-22H,13-20,23-24H2. The predicted octanol–water partition coefficient (Wildman–Crippen LogP) is 6.36. The molecule has 2 aliphatic rings. The molecule has 43 heavy (non-hydrogen) atoms. The van der Waals surface area contributed by atoms with E-state index in [0.717, 1.165) is 67.9 Å². The summed E-state index contributed by atoms with van der Waals surface area (Å²) in [6.07, 6.45) is 0. The molecule has 0 aliphatic carbocycles. The smallest absolute Gasteiger partial charge is 0.253 e. The number of rotatable bonds is 8. The first-order valence-corrected chi connectivity index (χ1v) is 16.3. The Kier molecular flexibility index (Phi) is 9.68. The molecule has 3 heterocycles. The highest BCUT2D eigenvalue weighted by Gasteiger charge is 2.23. The lowest BCUT2D eigenvalue weighted by molar-refractivity contribution is 0.0747. The highest BCUT2D eigenvalue weighted by Crippen LogP contribution is 2.26. The van der Waals surface area contributed by atoms with E-state index in [1.165, 1.54) is 5.56 Å². The maximum absolute atomic E-state index is 13.2. The van der Waals surface area contributed by atoms with Gasteiger partial charge in [-0.15, -0.1) is 0 Å². The largest absolute Gasteiger partial charge is 0.368 e. The van der Waals surface area contributed by atoms with Crippen molar-refractivity contribution in [2.24, 2.45) is 0 Å². The number of amides is 1. The third kappa shape index (κ3) is 7.81. The Morgan fingerprint density at radius 1 is 0.721 bits per heavy atom. The number of benzene rings is 3. The number of nitrogens with zero attached hydrogens (tertiary/aromatic N) is 6. The predicted molar refractivity (Wildman–Crippen MR) is 177 cm³/mol. The van der Waals surface area contributed by atoms with Gasteiger partial charge in [0.2, 0.25) is 0 Å². The molecule has 1 aromatic heterocycles. The number of carbonyl (C=O) groups excluding carboxylic acids is 1. The minimum Gasteiger partial charge on any atom is -0.368 e. The van der Waals surface area contributed by atoms with Crippen LogP contribution in [-0.4, -0.2) is 78.0 Å². The van der Waals surface area contributed by atoms with Gasteiger partial charge >= 0.3 is 0 Å². The van der Waals surface area contributed by atoms with Crippen LogP contribution in [0, 0.1) is 0 Å². The zero-order valence-corrected chi connectivity index (χ0v) is 26.2. The summed E-state index contributed by atoms with van der Waals surface area (Å²) in [5.74, 6) is 1.63. The summed E-state index contributed by atoms with van der Waals surface area (Å²) in [7, 11) is 0. The highest BCUT2D eigenvalue weighted by molar-refractivity contribution is 7.98. The number of halogens is 2. The maximum atomic E-state index is 13.2. The first kappa shape index (κ1) is 29.8. The fraction of sp³-hybridized carbons (Fsp3) is 0.303. The van der Waals surface area contributed by atoms with Crippen molar-refractivity contribution in [3.63, 3.8) is 0 Å². The Balaban J connectivity index is 0.994. The third-order valence-electron chi connectivity index (χ3n) is 7.92. The monoisotopic (exact) mass is 632 g/mol. The SMILES string of the molecule is O=C(c1ccc(CSc2nc(Cl)cc(N3CCN(Cc4ccccc4)CC3)n2)cc1)N1CCN(c2cccc(Cl)c2)CC1. The van der Waals surface area contributed by atoms with Gasteiger partial charge in [0.25, 0.3) is 5.91 Å². The fourth-order valence-corrected chi connectivity index (χ4v) is 6.72. The Morgan fingerprint density at radius 3 is 2.16 bits per heavy atom. The minimum atomic E-state index is 0.0663. The van der Waals surface area contributed by atoms with E-state index in [0.29, 0.717) is 34.7 Å². The van der Waals surface area contributed by atoms with Crippen molar-refractivity contribution in [2.75, 3.05) is 62.2 Å². The van der Waals surface area contributed by atoms with E-state index >= 15 is 0 Å².